The Labute approximate surface area is 382 Å². The van der Waals surface area contributed by atoms with Gasteiger partial charge in [0.2, 0.25) is 0 Å². The molecular formula is C56H64B2O3P2. The van der Waals surface area contributed by atoms with Gasteiger partial charge in [-0.3, -0.25) is 15.1 Å². The Hall–Kier alpha value is -4.29. The summed E-state index contributed by atoms with van der Waals surface area (Å²) in [5, 5.41) is 5.97. The Kier molecular flexibility index (Phi) is 14.3. The fourth-order valence-corrected chi connectivity index (χ4v) is 16.6. The first kappa shape index (κ1) is 45.3. The van der Waals surface area contributed by atoms with Crippen LogP contribution >= 0.6 is 14.3 Å². The van der Waals surface area contributed by atoms with Gasteiger partial charge in [-0.15, -0.1) is 14.3 Å². The van der Waals surface area contributed by atoms with Crippen molar-refractivity contribution in [3.63, 3.8) is 0 Å². The van der Waals surface area contributed by atoms with E-state index in [1.54, 1.807) is 0 Å². The first-order valence-corrected chi connectivity index (χ1v) is 27.1. The van der Waals surface area contributed by atoms with Crippen LogP contribution in [0.4, 0.5) is 0 Å². The summed E-state index contributed by atoms with van der Waals surface area (Å²) in [6.45, 7) is 14.1. The average molecular weight is 869 g/mol. The summed E-state index contributed by atoms with van der Waals surface area (Å²) >= 11 is 0. The Morgan fingerprint density at radius 2 is 0.714 bits per heavy atom. The van der Waals surface area contributed by atoms with E-state index in [1.165, 1.54) is 12.8 Å². The third-order valence-corrected chi connectivity index (χ3v) is 20.7. The molecule has 6 aromatic rings. The van der Waals surface area contributed by atoms with Crippen LogP contribution in [0.1, 0.15) is 80.1 Å². The van der Waals surface area contributed by atoms with Crippen molar-refractivity contribution in [2.75, 3.05) is 0 Å². The molecular weight excluding hydrogens is 804 g/mol. The summed E-state index contributed by atoms with van der Waals surface area (Å²) in [6, 6.07) is 54.8. The molecule has 2 saturated carbocycles. The Balaban J connectivity index is 1.38. The van der Waals surface area contributed by atoms with Crippen LogP contribution in [0, 0.1) is 35.5 Å². The monoisotopic (exact) mass is 868 g/mol. The minimum Gasteiger partial charge on any atom is -0.486 e. The summed E-state index contributed by atoms with van der Waals surface area (Å²) in [7, 11) is 10.5. The molecule has 2 fully saturated rings. The van der Waals surface area contributed by atoms with Crippen LogP contribution < -0.4 is 46.0 Å². The van der Waals surface area contributed by atoms with Gasteiger partial charge < -0.3 is 14.2 Å². The zero-order valence-corrected chi connectivity index (χ0v) is 39.9. The number of hydrogen-bond donors (Lipinski definition) is 0. The molecule has 0 amide bonds. The summed E-state index contributed by atoms with van der Waals surface area (Å²) < 4.78 is 22.5. The van der Waals surface area contributed by atoms with Gasteiger partial charge in [-0.25, -0.2) is 0 Å². The Bertz CT molecular complexity index is 2150. The van der Waals surface area contributed by atoms with Crippen LogP contribution in [0.15, 0.2) is 158 Å². The minimum absolute atomic E-state index is 0.0422. The highest BCUT2D eigenvalue weighted by atomic mass is 31.2. The number of rotatable bonds is 14. The maximum Gasteiger partial charge on any atom is 0.169 e. The van der Waals surface area contributed by atoms with E-state index in [1.807, 2.05) is 0 Å². The smallest absolute Gasteiger partial charge is 0.169 e. The predicted molar refractivity (Wildman–Crippen MR) is 273 cm³/mol. The third kappa shape index (κ3) is 9.44. The van der Waals surface area contributed by atoms with E-state index in [2.05, 4.69) is 199 Å². The Morgan fingerprint density at radius 3 is 1.02 bits per heavy atom. The Morgan fingerprint density at radius 1 is 0.413 bits per heavy atom. The van der Waals surface area contributed by atoms with Crippen molar-refractivity contribution in [3.05, 3.63) is 158 Å². The second-order valence-electron chi connectivity index (χ2n) is 19.1. The summed E-state index contributed by atoms with van der Waals surface area (Å²) in [6.07, 6.45) is 6.79. The van der Waals surface area contributed by atoms with Crippen LogP contribution in [0.25, 0.3) is 0 Å². The number of benzene rings is 6. The van der Waals surface area contributed by atoms with E-state index in [0.717, 1.165) is 69.0 Å². The van der Waals surface area contributed by atoms with Crippen molar-refractivity contribution in [1.82, 2.24) is 0 Å². The van der Waals surface area contributed by atoms with Crippen LogP contribution in [-0.2, 0) is 0 Å². The van der Waals surface area contributed by atoms with E-state index < -0.39 is 14.3 Å². The van der Waals surface area contributed by atoms with E-state index >= 15 is 0 Å². The zero-order chi connectivity index (χ0) is 44.1. The van der Waals surface area contributed by atoms with E-state index in [4.69, 9.17) is 29.3 Å². The van der Waals surface area contributed by atoms with E-state index in [9.17, 15) is 0 Å². The first-order valence-electron chi connectivity index (χ1n) is 23.3. The summed E-state index contributed by atoms with van der Waals surface area (Å²) in [5.41, 5.74) is 0. The van der Waals surface area contributed by atoms with Crippen molar-refractivity contribution in [2.45, 2.75) is 92.3 Å². The molecule has 6 radical (unpaired) electrons. The van der Waals surface area contributed by atoms with Gasteiger partial charge in [0.15, 0.2) is 23.0 Å². The molecule has 6 aromatic carbocycles. The highest BCUT2D eigenvalue weighted by Crippen LogP contribution is 2.58. The van der Waals surface area contributed by atoms with Gasteiger partial charge in [0, 0.05) is 0 Å². The lowest BCUT2D eigenvalue weighted by molar-refractivity contribution is 0.0467. The molecule has 0 aromatic heterocycles. The number of ether oxygens (including phenoxy) is 3. The standard InChI is InChI=1S/C56H64B2O3P2/c1-39(2)47-35-33-41(5)37-53(47)60-51-31-19-29-49(55(51)62(57,43-21-11-7-12-22-43)44-23-13-8-14-24-44)59-50-30-20-32-52(61-54-38-42(6)34-36-48(54)40(3)4)56(50)63(58,45-25-15-9-16-26-45)46-27-17-10-18-28-46/h7-32,39-42,47-48,53-54H,33-38H2,1-6H3/t41-,42-,47+,48+,53-,54-/m1/s1. The van der Waals surface area contributed by atoms with Gasteiger partial charge >= 0.3 is 0 Å². The van der Waals surface area contributed by atoms with Crippen LogP contribution in [0.3, 0.4) is 0 Å². The molecule has 2 aliphatic carbocycles. The molecule has 8 rings (SSSR count). The van der Waals surface area contributed by atoms with E-state index in [-0.39, 0.29) is 12.2 Å². The topological polar surface area (TPSA) is 27.7 Å². The van der Waals surface area contributed by atoms with Gasteiger partial charge in [-0.05, 0) is 134 Å². The molecule has 0 spiro atoms. The molecule has 6 atom stereocenters. The van der Waals surface area contributed by atoms with Crippen molar-refractivity contribution in [3.8, 4) is 23.0 Å². The van der Waals surface area contributed by atoms with Gasteiger partial charge in [-0.1, -0.05) is 139 Å². The molecule has 0 N–H and O–H groups in total. The molecule has 63 heavy (non-hydrogen) atoms. The van der Waals surface area contributed by atoms with Gasteiger partial charge in [0.1, 0.15) is 22.8 Å². The minimum atomic E-state index is -2.91. The molecule has 0 saturated heterocycles. The lowest BCUT2D eigenvalue weighted by Crippen LogP contribution is -2.39. The third-order valence-electron chi connectivity index (χ3n) is 14.0. The first-order chi connectivity index (χ1) is 30.5. The predicted octanol–water partition coefficient (Wildman–Crippen LogP) is 11.9. The van der Waals surface area contributed by atoms with Crippen molar-refractivity contribution < 1.29 is 14.2 Å². The fourth-order valence-electron chi connectivity index (χ4n) is 10.5. The average Bonchev–Trinajstić information content (AvgIpc) is 3.30. The lowest BCUT2D eigenvalue weighted by Gasteiger charge is -2.42. The summed E-state index contributed by atoms with van der Waals surface area (Å²) in [5.74, 6) is 5.85. The van der Waals surface area contributed by atoms with Crippen molar-refractivity contribution in [1.29, 1.82) is 0 Å². The molecule has 0 unspecified atom stereocenters. The van der Waals surface area contributed by atoms with Crippen molar-refractivity contribution >= 4 is 61.2 Å². The highest BCUT2D eigenvalue weighted by molar-refractivity contribution is 8.14. The second-order valence-corrected chi connectivity index (χ2v) is 24.9. The van der Waals surface area contributed by atoms with Crippen LogP contribution in [-0.4, -0.2) is 27.3 Å². The van der Waals surface area contributed by atoms with E-state index in [0.29, 0.717) is 47.0 Å². The largest absolute Gasteiger partial charge is 0.486 e. The molecule has 0 heterocycles. The van der Waals surface area contributed by atoms with Gasteiger partial charge in [-0.2, -0.15) is 0 Å². The van der Waals surface area contributed by atoms with Crippen molar-refractivity contribution in [2.24, 2.45) is 35.5 Å². The number of hydrogen-bond acceptors (Lipinski definition) is 3. The normalized spacial score (nSPS) is 21.9. The molecule has 7 heteroatoms. The van der Waals surface area contributed by atoms with Gasteiger partial charge in [0.05, 0.1) is 21.2 Å². The highest BCUT2D eigenvalue weighted by Gasteiger charge is 2.41. The second kappa shape index (κ2) is 19.8. The lowest BCUT2D eigenvalue weighted by atomic mass is 9.75. The van der Waals surface area contributed by atoms with Crippen LogP contribution in [0.5, 0.6) is 23.0 Å². The van der Waals surface area contributed by atoms with Crippen LogP contribution in [0.2, 0.25) is 0 Å². The fraction of sp³-hybridized carbons (Fsp3) is 0.357. The molecule has 0 aliphatic heterocycles. The molecule has 3 nitrogen and oxygen atoms in total. The molecule has 0 bridgehead atoms. The molecule has 322 valence electrons. The maximum atomic E-state index is 8.17. The summed E-state index contributed by atoms with van der Waals surface area (Å²) in [4.78, 5) is 0. The maximum absolute atomic E-state index is 8.17. The molecule has 2 aliphatic rings. The van der Waals surface area contributed by atoms with Gasteiger partial charge in [0.25, 0.3) is 0 Å². The zero-order valence-electron chi connectivity index (χ0n) is 38.1. The SMILES string of the molecule is [B-][P+](c1ccccc1)(c1ccccc1)c1c(Oc2cccc(O[C@@H]3C[C@H](C)CC[C@H]3C(C)C)c2[P+]([B-])(c2ccccc2)c2ccccc2)cccc1O[C@@H]1C[C@H](C)CC[C@H]1C(C)C. The quantitative estimate of drug-likeness (QED) is 0.0806.